The van der Waals surface area contributed by atoms with Crippen LogP contribution in [0.5, 0.6) is 0 Å². The Morgan fingerprint density at radius 2 is 2.00 bits per heavy atom. The summed E-state index contributed by atoms with van der Waals surface area (Å²) < 4.78 is 24.6. The average molecular weight is 252 g/mol. The third kappa shape index (κ3) is 2.06. The van der Waals surface area contributed by atoms with Crippen molar-refractivity contribution in [2.45, 2.75) is 11.8 Å². The SMILES string of the molecule is Nc1nc(N)c(C(F)F)cc1CBr. The van der Waals surface area contributed by atoms with Crippen LogP contribution in [0.3, 0.4) is 0 Å². The summed E-state index contributed by atoms with van der Waals surface area (Å²) in [5.74, 6) is -0.0315. The first-order valence-corrected chi connectivity index (χ1v) is 4.57. The van der Waals surface area contributed by atoms with Gasteiger partial charge in [-0.25, -0.2) is 13.8 Å². The second kappa shape index (κ2) is 3.87. The smallest absolute Gasteiger partial charge is 0.267 e. The predicted molar refractivity (Wildman–Crippen MR) is 50.6 cm³/mol. The lowest BCUT2D eigenvalue weighted by Gasteiger charge is -2.07. The summed E-state index contributed by atoms with van der Waals surface area (Å²) in [6.07, 6.45) is -2.62. The number of anilines is 2. The number of halogens is 3. The van der Waals surface area contributed by atoms with Crippen LogP contribution in [0.25, 0.3) is 0 Å². The zero-order valence-electron chi connectivity index (χ0n) is 6.60. The van der Waals surface area contributed by atoms with Gasteiger partial charge in [0.2, 0.25) is 0 Å². The van der Waals surface area contributed by atoms with Crippen LogP contribution >= 0.6 is 15.9 Å². The molecule has 0 unspecified atom stereocenters. The lowest BCUT2D eigenvalue weighted by molar-refractivity contribution is 0.152. The summed E-state index contributed by atoms with van der Waals surface area (Å²) in [6, 6.07) is 1.26. The molecule has 0 aliphatic carbocycles. The Kier molecular flexibility index (Phi) is 3.02. The summed E-state index contributed by atoms with van der Waals surface area (Å²) in [7, 11) is 0. The zero-order chi connectivity index (χ0) is 10.0. The van der Waals surface area contributed by atoms with Gasteiger partial charge in [-0.05, 0) is 6.07 Å². The van der Waals surface area contributed by atoms with Gasteiger partial charge in [0.05, 0.1) is 5.56 Å². The highest BCUT2D eigenvalue weighted by Gasteiger charge is 2.14. The normalized spacial score (nSPS) is 10.8. The summed E-state index contributed by atoms with van der Waals surface area (Å²) in [5, 5.41) is 0.381. The number of hydrogen-bond acceptors (Lipinski definition) is 3. The maximum Gasteiger partial charge on any atom is 0.267 e. The van der Waals surface area contributed by atoms with Crippen molar-refractivity contribution in [2.75, 3.05) is 11.5 Å². The average Bonchev–Trinajstić information content (AvgIpc) is 2.03. The van der Waals surface area contributed by atoms with Crippen LogP contribution in [0.1, 0.15) is 17.6 Å². The van der Waals surface area contributed by atoms with Gasteiger partial charge in [-0.3, -0.25) is 0 Å². The molecule has 1 rings (SSSR count). The van der Waals surface area contributed by atoms with E-state index in [1.807, 2.05) is 0 Å². The lowest BCUT2D eigenvalue weighted by Crippen LogP contribution is -2.04. The van der Waals surface area contributed by atoms with E-state index >= 15 is 0 Å². The van der Waals surface area contributed by atoms with Gasteiger partial charge in [0, 0.05) is 10.9 Å². The van der Waals surface area contributed by atoms with Crippen LogP contribution in [-0.4, -0.2) is 4.98 Å². The van der Waals surface area contributed by atoms with Crippen LogP contribution in [0.4, 0.5) is 20.4 Å². The molecule has 13 heavy (non-hydrogen) atoms. The van der Waals surface area contributed by atoms with E-state index in [2.05, 4.69) is 20.9 Å². The van der Waals surface area contributed by atoms with Gasteiger partial charge in [-0.1, -0.05) is 15.9 Å². The Balaban J connectivity index is 3.22. The highest BCUT2D eigenvalue weighted by Crippen LogP contribution is 2.27. The van der Waals surface area contributed by atoms with E-state index in [9.17, 15) is 8.78 Å². The number of nitrogens with two attached hydrogens (primary N) is 2. The van der Waals surface area contributed by atoms with Crippen LogP contribution in [0.2, 0.25) is 0 Å². The first-order chi connectivity index (χ1) is 6.06. The molecule has 0 aliphatic rings. The third-order valence-corrected chi connectivity index (χ3v) is 2.18. The molecule has 1 aromatic heterocycles. The molecule has 6 heteroatoms. The summed E-state index contributed by atoms with van der Waals surface area (Å²) in [5.41, 5.74) is 10.9. The minimum atomic E-state index is -2.62. The van der Waals surface area contributed by atoms with Gasteiger partial charge in [0.15, 0.2) is 0 Å². The van der Waals surface area contributed by atoms with Gasteiger partial charge >= 0.3 is 0 Å². The van der Waals surface area contributed by atoms with E-state index in [1.165, 1.54) is 6.07 Å². The molecule has 0 bridgehead atoms. The molecule has 0 fully saturated rings. The molecule has 1 heterocycles. The van der Waals surface area contributed by atoms with Crippen molar-refractivity contribution in [3.05, 3.63) is 17.2 Å². The predicted octanol–water partition coefficient (Wildman–Crippen LogP) is 2.08. The molecule has 0 aromatic carbocycles. The topological polar surface area (TPSA) is 64.9 Å². The standard InChI is InChI=1S/C7H8BrF2N3/c8-2-3-1-4(5(9)10)7(12)13-6(3)11/h1,5H,2H2,(H4,11,12,13). The van der Waals surface area contributed by atoms with Crippen LogP contribution in [0, 0.1) is 0 Å². The van der Waals surface area contributed by atoms with Crippen molar-refractivity contribution >= 4 is 27.6 Å². The van der Waals surface area contributed by atoms with E-state index in [-0.39, 0.29) is 17.2 Å². The summed E-state index contributed by atoms with van der Waals surface area (Å²) in [4.78, 5) is 3.61. The Bertz CT molecular complexity index is 317. The first kappa shape index (κ1) is 10.2. The molecular weight excluding hydrogens is 244 g/mol. The van der Waals surface area contributed by atoms with E-state index in [0.29, 0.717) is 10.9 Å². The van der Waals surface area contributed by atoms with E-state index in [4.69, 9.17) is 11.5 Å². The minimum Gasteiger partial charge on any atom is -0.383 e. The fourth-order valence-electron chi connectivity index (χ4n) is 0.884. The Labute approximate surface area is 82.3 Å². The number of nitrogen functional groups attached to an aromatic ring is 2. The number of aromatic nitrogens is 1. The fourth-order valence-corrected chi connectivity index (χ4v) is 1.33. The molecule has 4 N–H and O–H groups in total. The minimum absolute atomic E-state index is 0.179. The van der Waals surface area contributed by atoms with Gasteiger partial charge in [-0.2, -0.15) is 0 Å². The summed E-state index contributed by atoms with van der Waals surface area (Å²) in [6.45, 7) is 0. The molecule has 0 aliphatic heterocycles. The molecule has 0 saturated heterocycles. The number of alkyl halides is 3. The maximum atomic E-state index is 12.3. The van der Waals surface area contributed by atoms with E-state index < -0.39 is 6.43 Å². The molecule has 72 valence electrons. The highest BCUT2D eigenvalue weighted by molar-refractivity contribution is 9.08. The Morgan fingerprint density at radius 3 is 2.46 bits per heavy atom. The van der Waals surface area contributed by atoms with Crippen LogP contribution < -0.4 is 11.5 Å². The molecule has 1 aromatic rings. The first-order valence-electron chi connectivity index (χ1n) is 3.45. The van der Waals surface area contributed by atoms with Crippen molar-refractivity contribution in [3.8, 4) is 0 Å². The van der Waals surface area contributed by atoms with Gasteiger partial charge in [-0.15, -0.1) is 0 Å². The van der Waals surface area contributed by atoms with Crippen molar-refractivity contribution in [3.63, 3.8) is 0 Å². The summed E-state index contributed by atoms with van der Waals surface area (Å²) >= 11 is 3.11. The van der Waals surface area contributed by atoms with Crippen molar-refractivity contribution < 1.29 is 8.78 Å². The van der Waals surface area contributed by atoms with Gasteiger partial charge in [0.25, 0.3) is 6.43 Å². The Morgan fingerprint density at radius 1 is 1.38 bits per heavy atom. The number of rotatable bonds is 2. The molecule has 0 atom stereocenters. The van der Waals surface area contributed by atoms with E-state index in [0.717, 1.165) is 0 Å². The lowest BCUT2D eigenvalue weighted by atomic mass is 10.2. The third-order valence-electron chi connectivity index (χ3n) is 1.57. The monoisotopic (exact) mass is 251 g/mol. The molecule has 0 amide bonds. The second-order valence-electron chi connectivity index (χ2n) is 2.44. The van der Waals surface area contributed by atoms with E-state index in [1.54, 1.807) is 0 Å². The van der Waals surface area contributed by atoms with Crippen molar-refractivity contribution in [2.24, 2.45) is 0 Å². The molecule has 0 spiro atoms. The fraction of sp³-hybridized carbons (Fsp3) is 0.286. The van der Waals surface area contributed by atoms with Gasteiger partial charge in [0.1, 0.15) is 11.6 Å². The largest absolute Gasteiger partial charge is 0.383 e. The number of pyridine rings is 1. The van der Waals surface area contributed by atoms with Crippen LogP contribution in [-0.2, 0) is 5.33 Å². The van der Waals surface area contributed by atoms with Crippen molar-refractivity contribution in [1.29, 1.82) is 0 Å². The van der Waals surface area contributed by atoms with Gasteiger partial charge < -0.3 is 11.5 Å². The molecule has 0 saturated carbocycles. The number of hydrogen-bond donors (Lipinski definition) is 2. The Hall–Kier alpha value is -0.910. The number of nitrogens with zero attached hydrogens (tertiary/aromatic N) is 1. The maximum absolute atomic E-state index is 12.3. The highest BCUT2D eigenvalue weighted by atomic mass is 79.9. The van der Waals surface area contributed by atoms with Crippen molar-refractivity contribution in [1.82, 2.24) is 4.98 Å². The second-order valence-corrected chi connectivity index (χ2v) is 3.00. The molecule has 0 radical (unpaired) electrons. The van der Waals surface area contributed by atoms with Crippen LogP contribution in [0.15, 0.2) is 6.07 Å². The molecular formula is C7H8BrF2N3. The molecule has 3 nitrogen and oxygen atoms in total. The zero-order valence-corrected chi connectivity index (χ0v) is 8.18. The quantitative estimate of drug-likeness (QED) is 0.792.